The molecule has 574 valence electrons. The zero-order valence-electron chi connectivity index (χ0n) is 67.3. The first kappa shape index (κ1) is 75.5. The van der Waals surface area contributed by atoms with Gasteiger partial charge in [-0.15, -0.1) is 0 Å². The normalized spacial score (nSPS) is 15.3. The molecule has 0 unspecified atom stereocenters. The molecule has 0 bridgehead atoms. The molecule has 0 N–H and O–H groups in total. The molecule has 3 heterocycles. The van der Waals surface area contributed by atoms with Gasteiger partial charge in [-0.25, -0.2) is 19.9 Å². The highest BCUT2D eigenvalue weighted by Crippen LogP contribution is 2.59. The van der Waals surface area contributed by atoms with Crippen molar-refractivity contribution in [3.8, 4) is 146 Å². The second-order valence-corrected chi connectivity index (χ2v) is 33.7. The van der Waals surface area contributed by atoms with Crippen molar-refractivity contribution in [3.05, 3.63) is 391 Å². The lowest BCUT2D eigenvalue weighted by atomic mass is 9.62. The number of hydrogen-bond acceptors (Lipinski definition) is 6. The fourth-order valence-corrected chi connectivity index (χ4v) is 19.0. The summed E-state index contributed by atoms with van der Waals surface area (Å²) in [5, 5.41) is 0.735. The van der Waals surface area contributed by atoms with Gasteiger partial charge in [0.25, 0.3) is 0 Å². The Bertz CT molecular complexity index is 6250. The molecule has 0 amide bonds. The SMILES string of the molecule is CC1(C)OB(c2cccc3c2C2(CCCCC2)c2ccccc2-3)OC1(C)C.Clc1ccc(-c2ccc(-c3cc(-c4ccc(-c5ccccc5)cc4)nc(-c4ccccc4)n3)cc2)cc1.c1ccc(-c2ccc(-c3cc(-c4ccc(-c5ccc(-c6cccc7c6C6(CCCCC6)c6ccccc6-7)cc5)cc4)nc(-c4ccccc4)n3)cc2)cc1. The molecule has 1 aliphatic heterocycles. The van der Waals surface area contributed by atoms with Crippen molar-refractivity contribution in [2.75, 3.05) is 0 Å². The molecule has 16 aromatic rings. The minimum Gasteiger partial charge on any atom is -0.399 e. The average Bonchev–Trinajstić information content (AvgIpc) is 1.55. The van der Waals surface area contributed by atoms with Crippen LogP contribution >= 0.6 is 11.6 Å². The molecule has 8 heteroatoms. The van der Waals surface area contributed by atoms with E-state index in [0.29, 0.717) is 5.82 Å². The van der Waals surface area contributed by atoms with Gasteiger partial charge in [0.05, 0.1) is 34.0 Å². The van der Waals surface area contributed by atoms with Gasteiger partial charge in [-0.3, -0.25) is 0 Å². The number of halogens is 1. The maximum Gasteiger partial charge on any atom is 0.495 e. The van der Waals surface area contributed by atoms with Crippen LogP contribution in [-0.2, 0) is 20.1 Å². The van der Waals surface area contributed by atoms with E-state index in [0.717, 1.165) is 78.1 Å². The lowest BCUT2D eigenvalue weighted by Crippen LogP contribution is -2.42. The van der Waals surface area contributed by atoms with Crippen LogP contribution in [0.2, 0.25) is 5.02 Å². The fraction of sp³-hybridized carbons (Fsp3) is 0.164. The third-order valence-electron chi connectivity index (χ3n) is 25.7. The Hall–Kier alpha value is -12.5. The molecule has 2 saturated carbocycles. The van der Waals surface area contributed by atoms with Crippen molar-refractivity contribution in [3.63, 3.8) is 0 Å². The van der Waals surface area contributed by atoms with E-state index in [2.05, 4.69) is 307 Å². The van der Waals surface area contributed by atoms with Gasteiger partial charge in [0, 0.05) is 49.2 Å². The predicted molar refractivity (Wildman–Crippen MR) is 490 cm³/mol. The first-order valence-corrected chi connectivity index (χ1v) is 42.3. The average molecular weight is 1550 g/mol. The van der Waals surface area contributed by atoms with Crippen molar-refractivity contribution < 1.29 is 9.31 Å². The van der Waals surface area contributed by atoms with Gasteiger partial charge in [-0.2, -0.15) is 0 Å². The first-order chi connectivity index (χ1) is 57.8. The van der Waals surface area contributed by atoms with E-state index in [-0.39, 0.29) is 29.2 Å². The number of nitrogens with zero attached hydrogens (tertiary/aromatic N) is 4. The highest BCUT2D eigenvalue weighted by Gasteiger charge is 2.55. The van der Waals surface area contributed by atoms with Crippen molar-refractivity contribution in [2.24, 2.45) is 0 Å². The lowest BCUT2D eigenvalue weighted by molar-refractivity contribution is 0.00578. The Labute approximate surface area is 699 Å². The number of fused-ring (bicyclic) bond motifs is 10. The number of rotatable bonds is 12. The topological polar surface area (TPSA) is 70.0 Å². The van der Waals surface area contributed by atoms with Crippen molar-refractivity contribution in [1.29, 1.82) is 0 Å². The second kappa shape index (κ2) is 32.2. The Balaban J connectivity index is 0.000000125. The molecule has 0 radical (unpaired) electrons. The molecular weight excluding hydrogens is 1460 g/mol. The largest absolute Gasteiger partial charge is 0.495 e. The van der Waals surface area contributed by atoms with Crippen molar-refractivity contribution in [1.82, 2.24) is 19.9 Å². The Kier molecular flexibility index (Phi) is 20.6. The molecule has 14 aromatic carbocycles. The third kappa shape index (κ3) is 14.6. The molecule has 21 rings (SSSR count). The summed E-state index contributed by atoms with van der Waals surface area (Å²) in [5.41, 5.74) is 34.5. The zero-order valence-corrected chi connectivity index (χ0v) is 68.0. The van der Waals surface area contributed by atoms with E-state index in [4.69, 9.17) is 40.8 Å². The molecule has 1 saturated heterocycles. The summed E-state index contributed by atoms with van der Waals surface area (Å²) in [7, 11) is -0.293. The molecular formula is C110H92BClN4O2. The summed E-state index contributed by atoms with van der Waals surface area (Å²) in [6, 6.07) is 129. The van der Waals surface area contributed by atoms with E-state index < -0.39 is 0 Å². The van der Waals surface area contributed by atoms with Gasteiger partial charge in [0.1, 0.15) is 0 Å². The molecule has 2 aromatic heterocycles. The number of hydrogen-bond donors (Lipinski definition) is 0. The highest BCUT2D eigenvalue weighted by atomic mass is 35.5. The zero-order chi connectivity index (χ0) is 79.8. The molecule has 0 atom stereocenters. The summed E-state index contributed by atoms with van der Waals surface area (Å²) in [6.07, 6.45) is 12.8. The van der Waals surface area contributed by atoms with Crippen molar-refractivity contribution in [2.45, 2.75) is 114 Å². The second-order valence-electron chi connectivity index (χ2n) is 33.2. The third-order valence-corrected chi connectivity index (χ3v) is 25.9. The fourth-order valence-electron chi connectivity index (χ4n) is 18.9. The van der Waals surface area contributed by atoms with Gasteiger partial charge in [-0.1, -0.05) is 390 Å². The highest BCUT2D eigenvalue weighted by molar-refractivity contribution is 6.63. The summed E-state index contributed by atoms with van der Waals surface area (Å²) in [5.74, 6) is 1.43. The quantitative estimate of drug-likeness (QED) is 0.114. The van der Waals surface area contributed by atoms with Crippen molar-refractivity contribution >= 4 is 24.2 Å². The summed E-state index contributed by atoms with van der Waals surface area (Å²) in [4.78, 5) is 20.0. The lowest BCUT2D eigenvalue weighted by Gasteiger charge is -2.37. The maximum atomic E-state index is 6.49. The molecule has 118 heavy (non-hydrogen) atoms. The van der Waals surface area contributed by atoms with Crippen LogP contribution < -0.4 is 5.46 Å². The van der Waals surface area contributed by atoms with E-state index in [1.54, 1.807) is 5.56 Å². The number of benzene rings is 14. The standard InChI is InChI=1S/C52H40N2.C34H23ClN2.C24H29BO2/c1-4-13-36(14-5-1)37-23-29-41(30-24-37)48-35-49(54-51(53-48)43-15-6-2-7-16-43)42-31-25-39(26-32-42)38-21-27-40(28-22-38)44-18-12-19-46-45-17-8-9-20-47(45)52(50(44)46)33-10-3-11-34-52;35-31-21-19-27(20-22-31)26-13-17-29(18-14-26)33-23-32(36-34(37-33)30-9-5-2-6-10-30)28-15-11-25(12-16-28)24-7-3-1-4-8-24;1-22(2)23(3,4)27-25(26-22)20-14-10-12-18-17-11-6-7-13-19(17)24(21(18)20)15-8-5-9-16-24/h1-2,4-9,12-32,35H,3,10-11,33-34H2;1-23H;6-7,10-14H,5,8-9,15-16H2,1-4H3. The maximum absolute atomic E-state index is 6.49. The molecule has 3 fully saturated rings. The van der Waals surface area contributed by atoms with E-state index >= 15 is 0 Å². The smallest absolute Gasteiger partial charge is 0.399 e. The summed E-state index contributed by atoms with van der Waals surface area (Å²) < 4.78 is 13.0. The Morgan fingerprint density at radius 3 is 0.890 bits per heavy atom. The van der Waals surface area contributed by atoms with E-state index in [1.165, 1.54) is 153 Å². The Morgan fingerprint density at radius 1 is 0.246 bits per heavy atom. The van der Waals surface area contributed by atoms with Crippen LogP contribution in [-0.4, -0.2) is 38.3 Å². The summed E-state index contributed by atoms with van der Waals surface area (Å²) in [6.45, 7) is 8.56. The molecule has 6 nitrogen and oxygen atoms in total. The minimum absolute atomic E-state index is 0.127. The minimum atomic E-state index is -0.314. The van der Waals surface area contributed by atoms with E-state index in [9.17, 15) is 0 Å². The Morgan fingerprint density at radius 2 is 0.517 bits per heavy atom. The van der Waals surface area contributed by atoms with Crippen LogP contribution in [0.3, 0.4) is 0 Å². The van der Waals surface area contributed by atoms with Crippen LogP contribution in [0.15, 0.2) is 364 Å². The molecule has 4 aliphatic carbocycles. The van der Waals surface area contributed by atoms with Crippen LogP contribution in [0, 0.1) is 0 Å². The van der Waals surface area contributed by atoms with Crippen LogP contribution in [0.25, 0.3) is 146 Å². The van der Waals surface area contributed by atoms with Gasteiger partial charge >= 0.3 is 7.12 Å². The molecule has 2 spiro atoms. The van der Waals surface area contributed by atoms with E-state index in [1.807, 2.05) is 84.9 Å². The monoisotopic (exact) mass is 1550 g/mol. The van der Waals surface area contributed by atoms with Crippen LogP contribution in [0.1, 0.15) is 114 Å². The van der Waals surface area contributed by atoms with Crippen LogP contribution in [0.4, 0.5) is 0 Å². The van der Waals surface area contributed by atoms with Gasteiger partial charge in [0.15, 0.2) is 11.6 Å². The number of aromatic nitrogens is 4. The van der Waals surface area contributed by atoms with Crippen LogP contribution in [0.5, 0.6) is 0 Å². The van der Waals surface area contributed by atoms with Gasteiger partial charge in [-0.05, 0) is 183 Å². The molecule has 5 aliphatic rings. The van der Waals surface area contributed by atoms with Gasteiger partial charge < -0.3 is 9.31 Å². The first-order valence-electron chi connectivity index (χ1n) is 41.9. The summed E-state index contributed by atoms with van der Waals surface area (Å²) >= 11 is 6.06. The predicted octanol–water partition coefficient (Wildman–Crippen LogP) is 28.4. The van der Waals surface area contributed by atoms with Gasteiger partial charge in [0.2, 0.25) is 0 Å².